The van der Waals surface area contributed by atoms with E-state index < -0.39 is 12.1 Å². The first-order valence-electron chi connectivity index (χ1n) is 9.34. The first-order chi connectivity index (χ1) is 13.5. The molecular weight excluding hydrogens is 382 g/mol. The Kier molecular flexibility index (Phi) is 9.18. The maximum absolute atomic E-state index is 12.6. The number of nitrogens with two attached hydrogens (primary N) is 1. The molecule has 10 heteroatoms. The molecule has 1 atom stereocenters. The van der Waals surface area contributed by atoms with Gasteiger partial charge in [0, 0.05) is 51.3 Å². The van der Waals surface area contributed by atoms with Crippen LogP contribution in [0.5, 0.6) is 0 Å². The molecule has 1 aromatic rings. The molecule has 0 aromatic carbocycles. The Balaban J connectivity index is 1.75. The molecule has 2 rings (SSSR count). The average molecular weight is 412 g/mol. The van der Waals surface area contributed by atoms with Crippen molar-refractivity contribution in [3.8, 4) is 0 Å². The molecule has 1 aliphatic rings. The quantitative estimate of drug-likeness (QED) is 0.474. The predicted octanol–water partition coefficient (Wildman–Crippen LogP) is 0.145. The van der Waals surface area contributed by atoms with Crippen LogP contribution < -0.4 is 16.4 Å². The van der Waals surface area contributed by atoms with Crippen molar-refractivity contribution in [2.45, 2.75) is 18.9 Å². The van der Waals surface area contributed by atoms with Crippen molar-refractivity contribution in [3.05, 3.63) is 22.4 Å². The van der Waals surface area contributed by atoms with E-state index in [0.717, 1.165) is 11.3 Å². The molecule has 4 N–H and O–H groups in total. The smallest absolute Gasteiger partial charge is 0.312 e. The van der Waals surface area contributed by atoms with Crippen LogP contribution >= 0.6 is 11.3 Å². The van der Waals surface area contributed by atoms with Gasteiger partial charge in [0.1, 0.15) is 0 Å². The lowest BCUT2D eigenvalue weighted by Crippen LogP contribution is -2.51. The first-order valence-corrected chi connectivity index (χ1v) is 10.2. The number of urea groups is 1. The molecule has 1 aliphatic heterocycles. The number of ether oxygens (including phenoxy) is 1. The number of hydrogen-bond donors (Lipinski definition) is 3. The minimum Gasteiger partial charge on any atom is -0.385 e. The lowest BCUT2D eigenvalue weighted by Gasteiger charge is -2.35. The van der Waals surface area contributed by atoms with Crippen molar-refractivity contribution >= 4 is 29.2 Å². The third-order valence-electron chi connectivity index (χ3n) is 4.52. The summed E-state index contributed by atoms with van der Waals surface area (Å²) in [5.41, 5.74) is 5.25. The summed E-state index contributed by atoms with van der Waals surface area (Å²) in [5.74, 6) is -0.0462. The third-order valence-corrected chi connectivity index (χ3v) is 5.51. The summed E-state index contributed by atoms with van der Waals surface area (Å²) in [7, 11) is 1.63. The summed E-state index contributed by atoms with van der Waals surface area (Å²) in [6, 6.07) is 2.69. The number of nitrogens with zero attached hydrogens (tertiary/aromatic N) is 2. The molecule has 9 nitrogen and oxygen atoms in total. The van der Waals surface area contributed by atoms with Crippen LogP contribution in [0.15, 0.2) is 17.5 Å². The largest absolute Gasteiger partial charge is 0.385 e. The van der Waals surface area contributed by atoms with Crippen molar-refractivity contribution in [3.63, 3.8) is 0 Å². The monoisotopic (exact) mass is 411 g/mol. The molecule has 1 aromatic heterocycles. The number of methoxy groups -OCH3 is 1. The van der Waals surface area contributed by atoms with Crippen molar-refractivity contribution in [1.82, 2.24) is 20.4 Å². The predicted molar refractivity (Wildman–Crippen MR) is 107 cm³/mol. The molecule has 0 aliphatic carbocycles. The number of nitrogens with one attached hydrogen (secondary N) is 2. The van der Waals surface area contributed by atoms with Crippen molar-refractivity contribution in [1.29, 1.82) is 0 Å². The van der Waals surface area contributed by atoms with Crippen LogP contribution in [0.25, 0.3) is 0 Å². The number of rotatable bonds is 10. The topological polar surface area (TPSA) is 117 Å². The van der Waals surface area contributed by atoms with E-state index in [0.29, 0.717) is 45.9 Å². The molecule has 0 bridgehead atoms. The summed E-state index contributed by atoms with van der Waals surface area (Å²) in [6.07, 6.45) is 0.957. The highest BCUT2D eigenvalue weighted by Crippen LogP contribution is 2.23. The van der Waals surface area contributed by atoms with Gasteiger partial charge in [-0.05, 0) is 17.9 Å². The third kappa shape index (κ3) is 7.45. The fourth-order valence-corrected chi connectivity index (χ4v) is 3.82. The van der Waals surface area contributed by atoms with Crippen LogP contribution in [0.4, 0.5) is 4.79 Å². The molecular formula is C18H29N5O4S. The molecule has 2 heterocycles. The van der Waals surface area contributed by atoms with Gasteiger partial charge in [0.15, 0.2) is 0 Å². The normalized spacial score (nSPS) is 15.8. The maximum atomic E-state index is 12.6. The van der Waals surface area contributed by atoms with Gasteiger partial charge in [0.25, 0.3) is 0 Å². The lowest BCUT2D eigenvalue weighted by molar-refractivity contribution is -0.133. The van der Waals surface area contributed by atoms with E-state index in [-0.39, 0.29) is 18.2 Å². The Hall–Kier alpha value is -2.17. The van der Waals surface area contributed by atoms with Gasteiger partial charge < -0.3 is 26.0 Å². The molecule has 0 spiro atoms. The molecule has 0 radical (unpaired) electrons. The zero-order valence-corrected chi connectivity index (χ0v) is 17.0. The van der Waals surface area contributed by atoms with Crippen molar-refractivity contribution in [2.75, 3.05) is 53.0 Å². The van der Waals surface area contributed by atoms with E-state index in [2.05, 4.69) is 10.6 Å². The maximum Gasteiger partial charge on any atom is 0.312 e. The van der Waals surface area contributed by atoms with Crippen LogP contribution in [0.3, 0.4) is 0 Å². The lowest BCUT2D eigenvalue weighted by atomic mass is 10.1. The van der Waals surface area contributed by atoms with Gasteiger partial charge in [-0.1, -0.05) is 6.07 Å². The Morgan fingerprint density at radius 2 is 2.04 bits per heavy atom. The minimum absolute atomic E-state index is 0.0145. The zero-order valence-electron chi connectivity index (χ0n) is 16.2. The van der Waals surface area contributed by atoms with Crippen molar-refractivity contribution < 1.29 is 19.1 Å². The van der Waals surface area contributed by atoms with Gasteiger partial charge in [0.2, 0.25) is 11.8 Å². The zero-order chi connectivity index (χ0) is 20.4. The SMILES string of the molecule is COCCCNC(=O)CN1CCN(C(=O)CC(NC(N)=O)c2cccs2)CC1. The fourth-order valence-electron chi connectivity index (χ4n) is 3.05. The van der Waals surface area contributed by atoms with E-state index in [1.807, 2.05) is 22.4 Å². The molecule has 1 saturated heterocycles. The van der Waals surface area contributed by atoms with Gasteiger partial charge in [-0.3, -0.25) is 14.5 Å². The van der Waals surface area contributed by atoms with Gasteiger partial charge in [0.05, 0.1) is 19.0 Å². The second-order valence-corrected chi connectivity index (χ2v) is 7.61. The van der Waals surface area contributed by atoms with Gasteiger partial charge >= 0.3 is 6.03 Å². The highest BCUT2D eigenvalue weighted by atomic mass is 32.1. The molecule has 4 amide bonds. The number of amides is 4. The van der Waals surface area contributed by atoms with Crippen LogP contribution in [-0.2, 0) is 14.3 Å². The van der Waals surface area contributed by atoms with E-state index in [1.165, 1.54) is 11.3 Å². The van der Waals surface area contributed by atoms with Crippen LogP contribution in [0, 0.1) is 0 Å². The van der Waals surface area contributed by atoms with Crippen LogP contribution in [0.2, 0.25) is 0 Å². The Labute approximate surface area is 169 Å². The second-order valence-electron chi connectivity index (χ2n) is 6.63. The fraction of sp³-hybridized carbons (Fsp3) is 0.611. The summed E-state index contributed by atoms with van der Waals surface area (Å²) >= 11 is 1.48. The Morgan fingerprint density at radius 3 is 2.64 bits per heavy atom. The Morgan fingerprint density at radius 1 is 1.29 bits per heavy atom. The molecule has 1 fully saturated rings. The Bertz CT molecular complexity index is 632. The van der Waals surface area contributed by atoms with Gasteiger partial charge in [-0.15, -0.1) is 11.3 Å². The first kappa shape index (κ1) is 22.1. The van der Waals surface area contributed by atoms with Gasteiger partial charge in [-0.2, -0.15) is 0 Å². The van der Waals surface area contributed by atoms with E-state index >= 15 is 0 Å². The average Bonchev–Trinajstić information content (AvgIpc) is 3.19. The number of carbonyl (C=O) groups is 3. The summed E-state index contributed by atoms with van der Waals surface area (Å²) in [6.45, 7) is 3.96. The van der Waals surface area contributed by atoms with Gasteiger partial charge in [-0.25, -0.2) is 4.79 Å². The summed E-state index contributed by atoms with van der Waals surface area (Å²) < 4.78 is 4.95. The molecule has 1 unspecified atom stereocenters. The number of thiophene rings is 1. The van der Waals surface area contributed by atoms with Crippen molar-refractivity contribution in [2.24, 2.45) is 5.73 Å². The summed E-state index contributed by atoms with van der Waals surface area (Å²) in [5, 5.41) is 7.41. The minimum atomic E-state index is -0.646. The highest BCUT2D eigenvalue weighted by molar-refractivity contribution is 7.10. The van der Waals surface area contributed by atoms with E-state index in [4.69, 9.17) is 10.5 Å². The molecule has 0 saturated carbocycles. The summed E-state index contributed by atoms with van der Waals surface area (Å²) in [4.78, 5) is 40.6. The molecule has 28 heavy (non-hydrogen) atoms. The standard InChI is InChI=1S/C18H29N5O4S/c1-27-10-3-5-20-16(24)13-22-6-8-23(9-7-22)17(25)12-14(21-18(19)26)15-4-2-11-28-15/h2,4,11,14H,3,5-10,12-13H2,1H3,(H,20,24)(H3,19,21,26). The number of carbonyl (C=O) groups excluding carboxylic acids is 3. The molecule has 156 valence electrons. The number of piperazine rings is 1. The second kappa shape index (κ2) is 11.6. The van der Waals surface area contributed by atoms with Crippen LogP contribution in [-0.4, -0.2) is 80.6 Å². The van der Waals surface area contributed by atoms with E-state index in [1.54, 1.807) is 12.0 Å². The number of hydrogen-bond acceptors (Lipinski definition) is 6. The van der Waals surface area contributed by atoms with Crippen LogP contribution in [0.1, 0.15) is 23.8 Å². The van der Waals surface area contributed by atoms with E-state index in [9.17, 15) is 14.4 Å². The highest BCUT2D eigenvalue weighted by Gasteiger charge is 2.26. The number of primary amides is 1.